The van der Waals surface area contributed by atoms with Gasteiger partial charge in [0.2, 0.25) is 0 Å². The number of benzene rings is 1. The van der Waals surface area contributed by atoms with E-state index in [0.717, 1.165) is 6.08 Å². The highest BCUT2D eigenvalue weighted by molar-refractivity contribution is 5.87. The molecule has 0 heterocycles. The van der Waals surface area contributed by atoms with Crippen LogP contribution in [0.1, 0.15) is 6.93 Å². The smallest absolute Gasteiger partial charge is 0.330 e. The number of methoxy groups -OCH3 is 1. The van der Waals surface area contributed by atoms with Gasteiger partial charge < -0.3 is 39.8 Å². The summed E-state index contributed by atoms with van der Waals surface area (Å²) in [5.74, 6) is -1.05. The normalized spacial score (nSPS) is 17.0. The van der Waals surface area contributed by atoms with Gasteiger partial charge in [-0.25, -0.2) is 4.79 Å². The first kappa shape index (κ1) is 18.9. The fraction of sp³-hybridized carbons (Fsp3) is 0.375. The van der Waals surface area contributed by atoms with E-state index in [-0.39, 0.29) is 29.4 Å². The fourth-order valence-corrected chi connectivity index (χ4v) is 1.73. The molecule has 25 heavy (non-hydrogen) atoms. The van der Waals surface area contributed by atoms with Gasteiger partial charge in [-0.1, -0.05) is 6.07 Å². The third kappa shape index (κ3) is 6.16. The molecule has 9 nitrogen and oxygen atoms in total. The third-order valence-electron chi connectivity index (χ3n) is 3.17. The summed E-state index contributed by atoms with van der Waals surface area (Å²) in [5.41, 5.74) is 0.252. The lowest BCUT2D eigenvalue weighted by Gasteiger charge is -2.23. The number of aliphatic hydroxyl groups excluding tert-OH is 4. The van der Waals surface area contributed by atoms with Crippen LogP contribution in [0, 0.1) is 0 Å². The number of carbonyl (C=O) groups excluding carboxylic acids is 2. The second-order valence-electron chi connectivity index (χ2n) is 4.98. The van der Waals surface area contributed by atoms with Crippen molar-refractivity contribution in [2.45, 2.75) is 24.4 Å². The maximum Gasteiger partial charge on any atom is 0.330 e. The Bertz CT molecular complexity index is 661. The molecule has 1 aromatic carbocycles. The van der Waals surface area contributed by atoms with Crippen molar-refractivity contribution in [3.8, 4) is 11.5 Å². The van der Waals surface area contributed by atoms with E-state index in [0.29, 0.717) is 0 Å². The quantitative estimate of drug-likeness (QED) is 0.204. The fourth-order valence-electron chi connectivity index (χ4n) is 1.73. The number of esters is 1. The minimum Gasteiger partial charge on any atom is -0.504 e. The average Bonchev–Trinajstić information content (AvgIpc) is 2.64. The highest BCUT2D eigenvalue weighted by atomic mass is 16.5. The van der Waals surface area contributed by atoms with Gasteiger partial charge in [-0.2, -0.15) is 0 Å². The van der Waals surface area contributed by atoms with Crippen molar-refractivity contribution in [3.63, 3.8) is 0 Å². The van der Waals surface area contributed by atoms with Crippen molar-refractivity contribution in [2.24, 2.45) is 0 Å². The van der Waals surface area contributed by atoms with Gasteiger partial charge in [-0.3, -0.25) is 0 Å². The van der Waals surface area contributed by atoms with Crippen molar-refractivity contribution in [1.29, 1.82) is 0 Å². The zero-order valence-corrected chi connectivity index (χ0v) is 13.3. The van der Waals surface area contributed by atoms with Gasteiger partial charge in [0.15, 0.2) is 17.8 Å². The number of ether oxygens (including phenoxy) is 2. The first-order valence-corrected chi connectivity index (χ1v) is 7.11. The van der Waals surface area contributed by atoms with Crippen molar-refractivity contribution in [3.05, 3.63) is 29.8 Å². The molecule has 0 fully saturated rings. The lowest BCUT2D eigenvalue weighted by atomic mass is 10.0. The van der Waals surface area contributed by atoms with Crippen molar-refractivity contribution < 1.29 is 46.0 Å². The highest BCUT2D eigenvalue weighted by Crippen LogP contribution is 2.26. The Morgan fingerprint density at radius 3 is 2.56 bits per heavy atom. The van der Waals surface area contributed by atoms with E-state index in [1.807, 2.05) is 0 Å². The minimum atomic E-state index is -1.95. The number of aromatic hydroxyl groups is 1. The number of phenols is 1. The van der Waals surface area contributed by atoms with Crippen molar-refractivity contribution >= 4 is 18.3 Å². The number of aldehydes is 1. The molecule has 1 rings (SSSR count). The standard InChI is InChI=1S/C16H20O9/c1-24-13-6-9(2-4-10(13)18)3-5-14(21)25-8-12(20)16(23)15(22)11(19)7-17/h2-7,11-12,15-16,18-20,22-23H,8H2,1H3/b5-3+/t11-,12+,15+,16+/m0/s1/i3D. The van der Waals surface area contributed by atoms with Crippen LogP contribution in [0.5, 0.6) is 11.5 Å². The van der Waals surface area contributed by atoms with Crippen LogP contribution in [0.2, 0.25) is 0 Å². The summed E-state index contributed by atoms with van der Waals surface area (Å²) in [6.07, 6.45) is -6.77. The molecular formula is C16H20O9. The molecule has 0 aliphatic rings. The molecule has 0 radical (unpaired) electrons. The SMILES string of the molecule is [2H]/C(=C\C(=O)OC[C@@H](O)[C@@H](O)[C@H](O)[C@@H](O)C=O)c1ccc(O)c(OC)c1. The predicted octanol–water partition coefficient (Wildman–Crippen LogP) is -1.40. The van der Waals surface area contributed by atoms with Gasteiger partial charge in [0, 0.05) is 6.08 Å². The zero-order valence-electron chi connectivity index (χ0n) is 14.3. The first-order chi connectivity index (χ1) is 12.2. The molecule has 0 unspecified atom stereocenters. The Balaban J connectivity index is 2.67. The predicted molar refractivity (Wildman–Crippen MR) is 84.7 cm³/mol. The summed E-state index contributed by atoms with van der Waals surface area (Å²) >= 11 is 0. The summed E-state index contributed by atoms with van der Waals surface area (Å²) in [5, 5.41) is 47.1. The van der Waals surface area contributed by atoms with Crippen LogP contribution in [-0.2, 0) is 14.3 Å². The molecular weight excluding hydrogens is 336 g/mol. The number of carbonyl (C=O) groups is 2. The maximum absolute atomic E-state index is 11.7. The zero-order chi connectivity index (χ0) is 19.9. The molecule has 5 N–H and O–H groups in total. The van der Waals surface area contributed by atoms with Crippen LogP contribution in [0.4, 0.5) is 0 Å². The van der Waals surface area contributed by atoms with Crippen LogP contribution in [-0.4, -0.2) is 75.9 Å². The van der Waals surface area contributed by atoms with E-state index in [4.69, 9.17) is 11.2 Å². The topological polar surface area (TPSA) is 154 Å². The Morgan fingerprint density at radius 2 is 1.96 bits per heavy atom. The van der Waals surface area contributed by atoms with E-state index >= 15 is 0 Å². The number of aliphatic hydroxyl groups is 4. The Hall–Kier alpha value is -2.46. The molecule has 9 heteroatoms. The van der Waals surface area contributed by atoms with Crippen molar-refractivity contribution in [1.82, 2.24) is 0 Å². The van der Waals surface area contributed by atoms with E-state index in [1.165, 1.54) is 25.3 Å². The number of hydrogen-bond donors (Lipinski definition) is 5. The second kappa shape index (κ2) is 9.74. The van der Waals surface area contributed by atoms with Crippen LogP contribution < -0.4 is 4.74 Å². The molecule has 0 saturated carbocycles. The van der Waals surface area contributed by atoms with E-state index < -0.39 is 37.0 Å². The maximum atomic E-state index is 11.7. The highest BCUT2D eigenvalue weighted by Gasteiger charge is 2.30. The lowest BCUT2D eigenvalue weighted by molar-refractivity contribution is -0.151. The largest absolute Gasteiger partial charge is 0.504 e. The molecule has 0 aliphatic carbocycles. The molecule has 1 aromatic rings. The summed E-state index contributed by atoms with van der Waals surface area (Å²) in [6, 6.07) is 3.72. The third-order valence-corrected chi connectivity index (χ3v) is 3.17. The van der Waals surface area contributed by atoms with Crippen molar-refractivity contribution in [2.75, 3.05) is 13.7 Å². The molecule has 0 bridgehead atoms. The first-order valence-electron chi connectivity index (χ1n) is 7.61. The van der Waals surface area contributed by atoms with Gasteiger partial charge >= 0.3 is 5.97 Å². The monoisotopic (exact) mass is 357 g/mol. The number of rotatable bonds is 9. The summed E-state index contributed by atoms with van der Waals surface area (Å²) < 4.78 is 17.3. The van der Waals surface area contributed by atoms with Gasteiger partial charge in [0.25, 0.3) is 0 Å². The molecule has 4 atom stereocenters. The molecule has 0 saturated heterocycles. The molecule has 0 aliphatic heterocycles. The number of phenolic OH excluding ortho intramolecular Hbond substituents is 1. The van der Waals surface area contributed by atoms with Gasteiger partial charge in [-0.15, -0.1) is 0 Å². The molecule has 138 valence electrons. The van der Waals surface area contributed by atoms with E-state index in [9.17, 15) is 30.0 Å². The summed E-state index contributed by atoms with van der Waals surface area (Å²) in [6.45, 7) is -0.745. The molecule has 0 amide bonds. The van der Waals surface area contributed by atoms with Crippen LogP contribution in [0.15, 0.2) is 24.3 Å². The Kier molecular flexibility index (Phi) is 7.36. The lowest BCUT2D eigenvalue weighted by Crippen LogP contribution is -2.46. The molecule has 0 spiro atoms. The van der Waals surface area contributed by atoms with Gasteiger partial charge in [0.05, 0.1) is 8.48 Å². The van der Waals surface area contributed by atoms with Gasteiger partial charge in [-0.05, 0) is 23.7 Å². The second-order valence-corrected chi connectivity index (χ2v) is 4.98. The summed E-state index contributed by atoms with van der Waals surface area (Å²) in [7, 11) is 1.32. The van der Waals surface area contributed by atoms with E-state index in [2.05, 4.69) is 4.74 Å². The average molecular weight is 357 g/mol. The van der Waals surface area contributed by atoms with E-state index in [1.54, 1.807) is 0 Å². The Morgan fingerprint density at radius 1 is 1.28 bits per heavy atom. The van der Waals surface area contributed by atoms with Crippen LogP contribution in [0.25, 0.3) is 6.05 Å². The Labute approximate surface area is 144 Å². The summed E-state index contributed by atoms with van der Waals surface area (Å²) in [4.78, 5) is 22.0. The van der Waals surface area contributed by atoms with Crippen LogP contribution >= 0.6 is 0 Å². The minimum absolute atomic E-state index is 0.0202. The number of hydrogen-bond acceptors (Lipinski definition) is 9. The van der Waals surface area contributed by atoms with Crippen LogP contribution in [0.3, 0.4) is 0 Å². The van der Waals surface area contributed by atoms with Gasteiger partial charge in [0.1, 0.15) is 31.0 Å². The molecule has 0 aromatic heterocycles.